The molecule has 1 amide bonds. The summed E-state index contributed by atoms with van der Waals surface area (Å²) in [5, 5.41) is 0. The van der Waals surface area contributed by atoms with Gasteiger partial charge in [-0.05, 0) is 12.1 Å². The molecule has 0 aliphatic heterocycles. The molecule has 0 spiro atoms. The van der Waals surface area contributed by atoms with Crippen LogP contribution in [0.2, 0.25) is 0 Å². The largest absolute Gasteiger partial charge is 0.456 e. The van der Waals surface area contributed by atoms with Gasteiger partial charge in [0.05, 0.1) is 0 Å². The molecule has 4 nitrogen and oxygen atoms in total. The van der Waals surface area contributed by atoms with Crippen molar-refractivity contribution in [1.82, 2.24) is 5.43 Å². The van der Waals surface area contributed by atoms with E-state index in [-0.39, 0.29) is 11.7 Å². The van der Waals surface area contributed by atoms with Crippen LogP contribution in [0.15, 0.2) is 16.5 Å². The van der Waals surface area contributed by atoms with Crippen molar-refractivity contribution in [2.45, 2.75) is 19.8 Å². The number of amides is 1. The highest BCUT2D eigenvalue weighted by atomic mass is 16.4. The molecule has 1 aromatic heterocycles. The second-order valence-electron chi connectivity index (χ2n) is 2.83. The Hall–Kier alpha value is -1.29. The fraction of sp³-hybridized carbons (Fsp3) is 0.375. The summed E-state index contributed by atoms with van der Waals surface area (Å²) in [7, 11) is 0. The number of nitrogens with two attached hydrogens (primary N) is 1. The average Bonchev–Trinajstić information content (AvgIpc) is 2.51. The molecule has 0 radical (unpaired) electrons. The third-order valence-electron chi connectivity index (χ3n) is 1.55. The van der Waals surface area contributed by atoms with Crippen LogP contribution in [0.1, 0.15) is 36.1 Å². The van der Waals surface area contributed by atoms with Gasteiger partial charge in [0, 0.05) is 5.92 Å². The Morgan fingerprint density at radius 3 is 2.67 bits per heavy atom. The van der Waals surface area contributed by atoms with Crippen LogP contribution in [-0.4, -0.2) is 5.91 Å². The van der Waals surface area contributed by atoms with Crippen molar-refractivity contribution >= 4 is 5.91 Å². The van der Waals surface area contributed by atoms with Gasteiger partial charge >= 0.3 is 5.91 Å². The van der Waals surface area contributed by atoms with Crippen molar-refractivity contribution in [2.24, 2.45) is 5.84 Å². The normalized spacial score (nSPS) is 10.3. The first-order valence-corrected chi connectivity index (χ1v) is 3.76. The van der Waals surface area contributed by atoms with E-state index < -0.39 is 5.91 Å². The summed E-state index contributed by atoms with van der Waals surface area (Å²) >= 11 is 0. The smallest absolute Gasteiger partial charge is 0.300 e. The highest BCUT2D eigenvalue weighted by molar-refractivity contribution is 5.90. The molecule has 0 aliphatic rings. The van der Waals surface area contributed by atoms with Crippen LogP contribution in [0.3, 0.4) is 0 Å². The van der Waals surface area contributed by atoms with Gasteiger partial charge in [0.2, 0.25) is 0 Å². The van der Waals surface area contributed by atoms with E-state index in [0.29, 0.717) is 0 Å². The van der Waals surface area contributed by atoms with Gasteiger partial charge in [0.1, 0.15) is 5.76 Å². The zero-order chi connectivity index (χ0) is 9.14. The van der Waals surface area contributed by atoms with Crippen LogP contribution in [0.25, 0.3) is 0 Å². The minimum Gasteiger partial charge on any atom is -0.456 e. The highest BCUT2D eigenvalue weighted by Crippen LogP contribution is 2.16. The molecule has 66 valence electrons. The number of carbonyl (C=O) groups is 1. The van der Waals surface area contributed by atoms with Gasteiger partial charge in [0.15, 0.2) is 5.76 Å². The molecule has 0 atom stereocenters. The Balaban J connectivity index is 2.84. The maximum Gasteiger partial charge on any atom is 0.300 e. The number of hydrogen-bond donors (Lipinski definition) is 2. The van der Waals surface area contributed by atoms with Gasteiger partial charge in [-0.2, -0.15) is 0 Å². The van der Waals surface area contributed by atoms with Gasteiger partial charge in [-0.3, -0.25) is 10.2 Å². The molecule has 0 aromatic carbocycles. The molecule has 3 N–H and O–H groups in total. The minimum absolute atomic E-state index is 0.251. The number of hydrogen-bond acceptors (Lipinski definition) is 3. The Kier molecular flexibility index (Phi) is 2.50. The summed E-state index contributed by atoms with van der Waals surface area (Å²) in [4.78, 5) is 10.9. The second kappa shape index (κ2) is 3.40. The lowest BCUT2D eigenvalue weighted by Crippen LogP contribution is -2.29. The van der Waals surface area contributed by atoms with E-state index in [9.17, 15) is 4.79 Å². The number of carbonyl (C=O) groups excluding carboxylic acids is 1. The lowest BCUT2D eigenvalue weighted by molar-refractivity contribution is 0.0924. The Morgan fingerprint density at radius 1 is 1.58 bits per heavy atom. The molecule has 0 bridgehead atoms. The van der Waals surface area contributed by atoms with E-state index in [1.54, 1.807) is 12.1 Å². The number of nitrogen functional groups attached to an aromatic ring is 1. The Labute approximate surface area is 70.7 Å². The molecule has 12 heavy (non-hydrogen) atoms. The fourth-order valence-corrected chi connectivity index (χ4v) is 0.856. The van der Waals surface area contributed by atoms with Gasteiger partial charge in [-0.1, -0.05) is 13.8 Å². The first-order chi connectivity index (χ1) is 5.65. The Bertz CT molecular complexity index is 278. The summed E-state index contributed by atoms with van der Waals surface area (Å²) in [6.45, 7) is 3.98. The fourth-order valence-electron chi connectivity index (χ4n) is 0.856. The van der Waals surface area contributed by atoms with Crippen LogP contribution < -0.4 is 11.3 Å². The number of nitrogens with one attached hydrogen (secondary N) is 1. The van der Waals surface area contributed by atoms with E-state index in [4.69, 9.17) is 10.3 Å². The first-order valence-electron chi connectivity index (χ1n) is 3.76. The third-order valence-corrected chi connectivity index (χ3v) is 1.55. The van der Waals surface area contributed by atoms with Crippen molar-refractivity contribution in [1.29, 1.82) is 0 Å². The standard InChI is InChI=1S/C8H12N2O2/c1-5(2)6-3-4-7(12-6)8(11)10-9/h3-5H,9H2,1-2H3,(H,10,11). The molecule has 0 saturated carbocycles. The molecule has 0 saturated heterocycles. The number of rotatable bonds is 2. The van der Waals surface area contributed by atoms with Crippen molar-refractivity contribution in [2.75, 3.05) is 0 Å². The van der Waals surface area contributed by atoms with Crippen LogP contribution in [0.4, 0.5) is 0 Å². The maximum atomic E-state index is 10.9. The molecule has 1 heterocycles. The van der Waals surface area contributed by atoms with Crippen LogP contribution in [0.5, 0.6) is 0 Å². The van der Waals surface area contributed by atoms with Gasteiger partial charge in [-0.15, -0.1) is 0 Å². The second-order valence-corrected chi connectivity index (χ2v) is 2.83. The van der Waals surface area contributed by atoms with Gasteiger partial charge < -0.3 is 4.42 Å². The third kappa shape index (κ3) is 1.65. The molecular weight excluding hydrogens is 156 g/mol. The summed E-state index contributed by atoms with van der Waals surface area (Å²) in [6, 6.07) is 3.38. The zero-order valence-electron chi connectivity index (χ0n) is 7.13. The maximum absolute atomic E-state index is 10.9. The van der Waals surface area contributed by atoms with E-state index in [0.717, 1.165) is 5.76 Å². The predicted molar refractivity (Wildman–Crippen MR) is 44.5 cm³/mol. The Morgan fingerprint density at radius 2 is 2.25 bits per heavy atom. The molecular formula is C8H12N2O2. The molecule has 4 heteroatoms. The lowest BCUT2D eigenvalue weighted by atomic mass is 10.2. The predicted octanol–water partition coefficient (Wildman–Crippen LogP) is 1.01. The molecule has 0 fully saturated rings. The van der Waals surface area contributed by atoms with Crippen LogP contribution in [0, 0.1) is 0 Å². The molecule has 1 aromatic rings. The zero-order valence-corrected chi connectivity index (χ0v) is 7.13. The van der Waals surface area contributed by atoms with E-state index >= 15 is 0 Å². The van der Waals surface area contributed by atoms with Crippen LogP contribution in [-0.2, 0) is 0 Å². The number of hydrazine groups is 1. The monoisotopic (exact) mass is 168 g/mol. The van der Waals surface area contributed by atoms with Crippen molar-refractivity contribution in [3.8, 4) is 0 Å². The van der Waals surface area contributed by atoms with Crippen molar-refractivity contribution in [3.05, 3.63) is 23.7 Å². The average molecular weight is 168 g/mol. The summed E-state index contributed by atoms with van der Waals surface area (Å²) in [5.41, 5.74) is 2.00. The van der Waals surface area contributed by atoms with Crippen molar-refractivity contribution < 1.29 is 9.21 Å². The highest BCUT2D eigenvalue weighted by Gasteiger charge is 2.10. The van der Waals surface area contributed by atoms with E-state index in [1.807, 2.05) is 19.3 Å². The topological polar surface area (TPSA) is 68.3 Å². The van der Waals surface area contributed by atoms with Gasteiger partial charge in [0.25, 0.3) is 0 Å². The van der Waals surface area contributed by atoms with Crippen molar-refractivity contribution in [3.63, 3.8) is 0 Å². The first kappa shape index (κ1) is 8.80. The minimum atomic E-state index is -0.401. The molecule has 0 unspecified atom stereocenters. The molecule has 0 aliphatic carbocycles. The van der Waals surface area contributed by atoms with E-state index in [1.165, 1.54) is 0 Å². The summed E-state index contributed by atoms with van der Waals surface area (Å²) in [5.74, 6) is 5.85. The lowest BCUT2D eigenvalue weighted by Gasteiger charge is -1.98. The number of furan rings is 1. The van der Waals surface area contributed by atoms with E-state index in [2.05, 4.69) is 0 Å². The quantitative estimate of drug-likeness (QED) is 0.393. The summed E-state index contributed by atoms with van der Waals surface area (Å²) < 4.78 is 5.21. The summed E-state index contributed by atoms with van der Waals surface area (Å²) in [6.07, 6.45) is 0. The van der Waals surface area contributed by atoms with Crippen LogP contribution >= 0.6 is 0 Å². The molecule has 1 rings (SSSR count). The SMILES string of the molecule is CC(C)c1ccc(C(=O)NN)o1. The van der Waals surface area contributed by atoms with Gasteiger partial charge in [-0.25, -0.2) is 5.84 Å².